The number of ketones is 1. The van der Waals surface area contributed by atoms with Crippen molar-refractivity contribution in [2.24, 2.45) is 0 Å². The van der Waals surface area contributed by atoms with Crippen molar-refractivity contribution in [3.05, 3.63) is 64.0 Å². The average Bonchev–Trinajstić information content (AvgIpc) is 2.89. The summed E-state index contributed by atoms with van der Waals surface area (Å²) in [7, 11) is 1.41. The summed E-state index contributed by atoms with van der Waals surface area (Å²) in [5, 5.41) is 0.744. The van der Waals surface area contributed by atoms with Gasteiger partial charge in [0.05, 0.1) is 7.11 Å². The van der Waals surface area contributed by atoms with Crippen LogP contribution in [0.15, 0.2) is 47.1 Å². The second-order valence-corrected chi connectivity index (χ2v) is 5.45. The largest absolute Gasteiger partial charge is 0.496 e. The lowest BCUT2D eigenvalue weighted by Crippen LogP contribution is -2.06. The predicted octanol–water partition coefficient (Wildman–Crippen LogP) is 4.31. The van der Waals surface area contributed by atoms with Gasteiger partial charge in [-0.2, -0.15) is 0 Å². The van der Waals surface area contributed by atoms with Gasteiger partial charge in [-0.1, -0.05) is 28.1 Å². The lowest BCUT2D eigenvalue weighted by Gasteiger charge is -2.08. The quantitative estimate of drug-likeness (QED) is 0.717. The van der Waals surface area contributed by atoms with E-state index >= 15 is 0 Å². The van der Waals surface area contributed by atoms with Crippen molar-refractivity contribution in [1.29, 1.82) is 0 Å². The Morgan fingerprint density at radius 2 is 2.10 bits per heavy atom. The van der Waals surface area contributed by atoms with Gasteiger partial charge in [0, 0.05) is 27.1 Å². The van der Waals surface area contributed by atoms with Gasteiger partial charge < -0.3 is 9.72 Å². The molecule has 0 aliphatic rings. The number of benzene rings is 2. The van der Waals surface area contributed by atoms with Crippen LogP contribution in [0.2, 0.25) is 0 Å². The number of aromatic amines is 1. The Morgan fingerprint density at radius 1 is 1.29 bits per heavy atom. The number of fused-ring (bicyclic) bond motifs is 1. The zero-order chi connectivity index (χ0) is 15.0. The third-order valence-electron chi connectivity index (χ3n) is 3.31. The van der Waals surface area contributed by atoms with E-state index in [0.717, 1.165) is 15.4 Å². The highest BCUT2D eigenvalue weighted by Crippen LogP contribution is 2.28. The molecule has 21 heavy (non-hydrogen) atoms. The molecule has 0 amide bonds. The van der Waals surface area contributed by atoms with Gasteiger partial charge in [-0.25, -0.2) is 4.39 Å². The number of hydrogen-bond donors (Lipinski definition) is 1. The summed E-state index contributed by atoms with van der Waals surface area (Å²) in [5.41, 5.74) is 1.17. The average molecular weight is 348 g/mol. The van der Waals surface area contributed by atoms with E-state index < -0.39 is 11.6 Å². The molecule has 0 spiro atoms. The van der Waals surface area contributed by atoms with E-state index in [2.05, 4.69) is 20.9 Å². The van der Waals surface area contributed by atoms with Crippen molar-refractivity contribution in [3.63, 3.8) is 0 Å². The number of halogens is 2. The van der Waals surface area contributed by atoms with E-state index in [4.69, 9.17) is 4.74 Å². The highest BCUT2D eigenvalue weighted by molar-refractivity contribution is 9.10. The van der Waals surface area contributed by atoms with Gasteiger partial charge in [-0.3, -0.25) is 4.79 Å². The third-order valence-corrected chi connectivity index (χ3v) is 3.80. The van der Waals surface area contributed by atoms with E-state index in [1.54, 1.807) is 12.3 Å². The molecule has 2 aromatic carbocycles. The van der Waals surface area contributed by atoms with E-state index in [9.17, 15) is 9.18 Å². The van der Waals surface area contributed by atoms with Gasteiger partial charge in [-0.05, 0) is 24.3 Å². The molecule has 1 aromatic heterocycles. The maximum absolute atomic E-state index is 14.0. The van der Waals surface area contributed by atoms with E-state index in [0.29, 0.717) is 5.56 Å². The first kappa shape index (κ1) is 13.8. The van der Waals surface area contributed by atoms with Crippen LogP contribution in [0.25, 0.3) is 10.9 Å². The molecular formula is C16H11BrFNO2. The fraction of sp³-hybridized carbons (Fsp3) is 0.0625. The normalized spacial score (nSPS) is 10.8. The Labute approximate surface area is 128 Å². The monoisotopic (exact) mass is 347 g/mol. The molecular weight excluding hydrogens is 337 g/mol. The Hall–Kier alpha value is -2.14. The van der Waals surface area contributed by atoms with Crippen LogP contribution in [-0.4, -0.2) is 17.9 Å². The molecule has 0 bridgehead atoms. The fourth-order valence-electron chi connectivity index (χ4n) is 2.32. The first-order valence-corrected chi connectivity index (χ1v) is 7.05. The van der Waals surface area contributed by atoms with Gasteiger partial charge in [-0.15, -0.1) is 0 Å². The van der Waals surface area contributed by atoms with Crippen molar-refractivity contribution >= 4 is 32.6 Å². The fourth-order valence-corrected chi connectivity index (χ4v) is 2.68. The number of H-pyrrole nitrogens is 1. The van der Waals surface area contributed by atoms with Gasteiger partial charge >= 0.3 is 0 Å². The summed E-state index contributed by atoms with van der Waals surface area (Å²) in [5.74, 6) is -0.768. The minimum Gasteiger partial charge on any atom is -0.496 e. The number of ether oxygens (including phenoxy) is 1. The second-order valence-electron chi connectivity index (χ2n) is 4.54. The summed E-state index contributed by atoms with van der Waals surface area (Å²) in [6, 6.07) is 9.85. The molecule has 0 unspecified atom stereocenters. The minimum absolute atomic E-state index is 0.0520. The van der Waals surface area contributed by atoms with E-state index in [-0.39, 0.29) is 11.3 Å². The third kappa shape index (κ3) is 2.34. The van der Waals surface area contributed by atoms with Gasteiger partial charge in [0.2, 0.25) is 5.78 Å². The molecule has 1 N–H and O–H groups in total. The van der Waals surface area contributed by atoms with Crippen molar-refractivity contribution in [2.75, 3.05) is 7.11 Å². The molecule has 0 aliphatic heterocycles. The number of nitrogens with one attached hydrogen (secondary N) is 1. The maximum atomic E-state index is 14.0. The Morgan fingerprint density at radius 3 is 2.86 bits per heavy atom. The molecule has 3 nitrogen and oxygen atoms in total. The summed E-state index contributed by atoms with van der Waals surface area (Å²) in [6.45, 7) is 0. The van der Waals surface area contributed by atoms with Crippen LogP contribution >= 0.6 is 15.9 Å². The molecule has 5 heteroatoms. The van der Waals surface area contributed by atoms with Crippen LogP contribution in [-0.2, 0) is 0 Å². The first-order chi connectivity index (χ1) is 10.1. The van der Waals surface area contributed by atoms with Gasteiger partial charge in [0.15, 0.2) is 0 Å². The highest BCUT2D eigenvalue weighted by atomic mass is 79.9. The predicted molar refractivity (Wildman–Crippen MR) is 82.4 cm³/mol. The van der Waals surface area contributed by atoms with Crippen LogP contribution < -0.4 is 4.74 Å². The molecule has 0 saturated carbocycles. The van der Waals surface area contributed by atoms with Crippen molar-refractivity contribution in [1.82, 2.24) is 4.98 Å². The summed E-state index contributed by atoms with van der Waals surface area (Å²) >= 11 is 3.37. The number of hydrogen-bond acceptors (Lipinski definition) is 2. The summed E-state index contributed by atoms with van der Waals surface area (Å²) in [6.07, 6.45) is 1.59. The van der Waals surface area contributed by atoms with Crippen LogP contribution in [0.5, 0.6) is 5.75 Å². The minimum atomic E-state index is -0.592. The molecule has 0 aliphatic carbocycles. The number of carbonyl (C=O) groups excluding carboxylic acids is 1. The SMILES string of the molecule is COc1cccc(F)c1C(=O)c1c[nH]c2cc(Br)ccc12. The maximum Gasteiger partial charge on any atom is 0.201 e. The van der Waals surface area contributed by atoms with Crippen LogP contribution in [0, 0.1) is 5.82 Å². The molecule has 3 aromatic rings. The number of aromatic nitrogens is 1. The molecule has 3 rings (SSSR count). The summed E-state index contributed by atoms with van der Waals surface area (Å²) in [4.78, 5) is 15.7. The lowest BCUT2D eigenvalue weighted by atomic mass is 10.0. The molecule has 106 valence electrons. The van der Waals surface area contributed by atoms with E-state index in [1.807, 2.05) is 18.2 Å². The highest BCUT2D eigenvalue weighted by Gasteiger charge is 2.21. The Balaban J connectivity index is 2.18. The lowest BCUT2D eigenvalue weighted by molar-refractivity contribution is 0.103. The van der Waals surface area contributed by atoms with Crippen molar-refractivity contribution < 1.29 is 13.9 Å². The molecule has 0 radical (unpaired) electrons. The molecule has 0 saturated heterocycles. The van der Waals surface area contributed by atoms with Gasteiger partial charge in [0.1, 0.15) is 17.1 Å². The molecule has 0 fully saturated rings. The van der Waals surface area contributed by atoms with Crippen LogP contribution in [0.4, 0.5) is 4.39 Å². The van der Waals surface area contributed by atoms with Crippen molar-refractivity contribution in [2.45, 2.75) is 0 Å². The standard InChI is InChI=1S/C16H11BrFNO2/c1-21-14-4-2-3-12(18)15(14)16(20)11-8-19-13-7-9(17)5-6-10(11)13/h2-8,19H,1H3. The Bertz CT molecular complexity index is 841. The topological polar surface area (TPSA) is 42.1 Å². The Kier molecular flexibility index (Phi) is 3.51. The first-order valence-electron chi connectivity index (χ1n) is 6.25. The van der Waals surface area contributed by atoms with Crippen molar-refractivity contribution in [3.8, 4) is 5.75 Å². The molecule has 1 heterocycles. The number of carbonyl (C=O) groups is 1. The van der Waals surface area contributed by atoms with Gasteiger partial charge in [0.25, 0.3) is 0 Å². The van der Waals surface area contributed by atoms with Crippen LogP contribution in [0.1, 0.15) is 15.9 Å². The second kappa shape index (κ2) is 5.33. The molecule has 0 atom stereocenters. The zero-order valence-corrected chi connectivity index (χ0v) is 12.7. The number of rotatable bonds is 3. The van der Waals surface area contributed by atoms with Crippen LogP contribution in [0.3, 0.4) is 0 Å². The van der Waals surface area contributed by atoms with E-state index in [1.165, 1.54) is 19.2 Å². The smallest absolute Gasteiger partial charge is 0.201 e. The zero-order valence-electron chi connectivity index (χ0n) is 11.1. The summed E-state index contributed by atoms with van der Waals surface area (Å²) < 4.78 is 20.0. The number of methoxy groups -OCH3 is 1.